The van der Waals surface area contributed by atoms with Crippen LogP contribution < -0.4 is 0 Å². The molecule has 1 aliphatic heterocycles. The number of benzene rings is 1. The van der Waals surface area contributed by atoms with E-state index in [9.17, 15) is 9.18 Å². The van der Waals surface area contributed by atoms with Crippen LogP contribution in [0.2, 0.25) is 5.02 Å². The molecule has 1 fully saturated rings. The lowest BCUT2D eigenvalue weighted by Crippen LogP contribution is -2.19. The van der Waals surface area contributed by atoms with E-state index >= 15 is 0 Å². The summed E-state index contributed by atoms with van der Waals surface area (Å²) in [5.74, 6) is -0.535. The number of hydrogen-bond donors (Lipinski definition) is 1. The molecule has 1 aliphatic rings. The van der Waals surface area contributed by atoms with Crippen molar-refractivity contribution in [3.05, 3.63) is 34.9 Å². The maximum absolute atomic E-state index is 12.9. The molecule has 0 bridgehead atoms. The van der Waals surface area contributed by atoms with Gasteiger partial charge >= 0.3 is 5.97 Å². The highest BCUT2D eigenvalue weighted by Crippen LogP contribution is 2.22. The Morgan fingerprint density at radius 3 is 2.72 bits per heavy atom. The first-order valence-electron chi connectivity index (χ1n) is 5.46. The highest BCUT2D eigenvalue weighted by Gasteiger charge is 2.34. The molecule has 0 aromatic heterocycles. The number of ether oxygens (including phenoxy) is 2. The minimum atomic E-state index is -1.43. The van der Waals surface area contributed by atoms with Crippen LogP contribution in [0, 0.1) is 0 Å². The fraction of sp³-hybridized carbons (Fsp3) is 0.417. The zero-order valence-corrected chi connectivity index (χ0v) is 10.1. The van der Waals surface area contributed by atoms with Crippen LogP contribution in [-0.2, 0) is 9.47 Å². The summed E-state index contributed by atoms with van der Waals surface area (Å²) in [7, 11) is 0. The predicted molar refractivity (Wildman–Crippen MR) is 62.1 cm³/mol. The first-order valence-corrected chi connectivity index (χ1v) is 5.84. The number of aliphatic hydroxyl groups is 1. The highest BCUT2D eigenvalue weighted by molar-refractivity contribution is 6.30. The summed E-state index contributed by atoms with van der Waals surface area (Å²) in [6.45, 7) is -0.0844. The van der Waals surface area contributed by atoms with Crippen LogP contribution in [0.15, 0.2) is 24.3 Å². The van der Waals surface area contributed by atoms with E-state index in [1.165, 1.54) is 12.1 Å². The molecule has 0 aliphatic carbocycles. The van der Waals surface area contributed by atoms with Crippen molar-refractivity contribution >= 4 is 17.6 Å². The Kier molecular flexibility index (Phi) is 4.16. The Morgan fingerprint density at radius 2 is 2.17 bits per heavy atom. The van der Waals surface area contributed by atoms with Crippen molar-refractivity contribution in [3.63, 3.8) is 0 Å². The van der Waals surface area contributed by atoms with Crippen molar-refractivity contribution in [2.24, 2.45) is 0 Å². The molecule has 0 radical (unpaired) electrons. The Morgan fingerprint density at radius 1 is 1.50 bits per heavy atom. The van der Waals surface area contributed by atoms with Gasteiger partial charge in [0, 0.05) is 11.4 Å². The molecule has 0 amide bonds. The largest absolute Gasteiger partial charge is 0.459 e. The molecule has 2 rings (SSSR count). The van der Waals surface area contributed by atoms with Crippen molar-refractivity contribution in [1.82, 2.24) is 0 Å². The first kappa shape index (κ1) is 13.3. The summed E-state index contributed by atoms with van der Waals surface area (Å²) < 4.78 is 22.8. The molecule has 1 aromatic rings. The number of rotatable bonds is 3. The second-order valence-corrected chi connectivity index (χ2v) is 4.44. The van der Waals surface area contributed by atoms with Gasteiger partial charge in [0.1, 0.15) is 6.61 Å². The third kappa shape index (κ3) is 3.19. The lowest BCUT2D eigenvalue weighted by atomic mass is 10.2. The van der Waals surface area contributed by atoms with Gasteiger partial charge in [-0.3, -0.25) is 0 Å². The molecule has 98 valence electrons. The Bertz CT molecular complexity index is 413. The zero-order valence-electron chi connectivity index (χ0n) is 9.38. The van der Waals surface area contributed by atoms with E-state index in [-0.39, 0.29) is 13.0 Å². The molecular formula is C12H12ClFO4. The van der Waals surface area contributed by atoms with Crippen LogP contribution in [-0.4, -0.2) is 36.2 Å². The third-order valence-electron chi connectivity index (χ3n) is 2.61. The molecule has 4 nitrogen and oxygen atoms in total. The van der Waals surface area contributed by atoms with Crippen LogP contribution >= 0.6 is 11.6 Å². The molecular weight excluding hydrogens is 263 g/mol. The van der Waals surface area contributed by atoms with E-state index in [4.69, 9.17) is 26.2 Å². The maximum Gasteiger partial charge on any atom is 0.338 e. The van der Waals surface area contributed by atoms with Gasteiger partial charge in [-0.1, -0.05) is 11.6 Å². The minimum absolute atomic E-state index is 0.0229. The third-order valence-corrected chi connectivity index (χ3v) is 2.86. The fourth-order valence-electron chi connectivity index (χ4n) is 1.65. The first-order chi connectivity index (χ1) is 8.56. The monoisotopic (exact) mass is 274 g/mol. The maximum atomic E-state index is 12.9. The van der Waals surface area contributed by atoms with Crippen LogP contribution in [0.1, 0.15) is 16.8 Å². The number of halogens is 2. The molecule has 0 spiro atoms. The average molecular weight is 275 g/mol. The fourth-order valence-corrected chi connectivity index (χ4v) is 1.78. The van der Waals surface area contributed by atoms with E-state index in [0.717, 1.165) is 0 Å². The van der Waals surface area contributed by atoms with Gasteiger partial charge in [0.25, 0.3) is 0 Å². The number of aliphatic hydroxyl groups excluding tert-OH is 1. The summed E-state index contributed by atoms with van der Waals surface area (Å²) in [5, 5.41) is 9.55. The molecule has 6 heteroatoms. The number of carbonyl (C=O) groups is 1. The van der Waals surface area contributed by atoms with Crippen molar-refractivity contribution in [2.45, 2.75) is 25.0 Å². The molecule has 0 saturated carbocycles. The minimum Gasteiger partial charge on any atom is -0.459 e. The van der Waals surface area contributed by atoms with E-state index in [0.29, 0.717) is 10.6 Å². The van der Waals surface area contributed by atoms with E-state index in [1.54, 1.807) is 12.1 Å². The SMILES string of the molecule is O=C(OCC1CC(F)C(O)O1)c1ccc(Cl)cc1. The molecule has 1 saturated heterocycles. The standard InChI is InChI=1S/C12H12ClFO4/c13-8-3-1-7(2-4-8)11(15)17-6-9-5-10(14)12(16)18-9/h1-4,9-10,12,16H,5-6H2. The zero-order chi connectivity index (χ0) is 13.1. The van der Waals surface area contributed by atoms with Gasteiger partial charge in [0.15, 0.2) is 12.5 Å². The molecule has 1 N–H and O–H groups in total. The summed E-state index contributed by atoms with van der Waals surface area (Å²) in [4.78, 5) is 11.6. The molecule has 3 unspecified atom stereocenters. The second kappa shape index (κ2) is 5.65. The average Bonchev–Trinajstić information content (AvgIpc) is 2.67. The van der Waals surface area contributed by atoms with Crippen LogP contribution in [0.4, 0.5) is 4.39 Å². The second-order valence-electron chi connectivity index (χ2n) is 4.01. The van der Waals surface area contributed by atoms with Crippen molar-refractivity contribution in [3.8, 4) is 0 Å². The predicted octanol–water partition coefficient (Wildman–Crippen LogP) is 1.94. The smallest absolute Gasteiger partial charge is 0.338 e. The summed E-state index contributed by atoms with van der Waals surface area (Å²) >= 11 is 5.69. The van der Waals surface area contributed by atoms with Crippen LogP contribution in [0.25, 0.3) is 0 Å². The molecule has 3 atom stereocenters. The van der Waals surface area contributed by atoms with Crippen molar-refractivity contribution in [1.29, 1.82) is 0 Å². The topological polar surface area (TPSA) is 55.8 Å². The van der Waals surface area contributed by atoms with Crippen LogP contribution in [0.5, 0.6) is 0 Å². The number of carbonyl (C=O) groups excluding carboxylic acids is 1. The number of hydrogen-bond acceptors (Lipinski definition) is 4. The van der Waals surface area contributed by atoms with Gasteiger partial charge in [-0.25, -0.2) is 9.18 Å². The van der Waals surface area contributed by atoms with Gasteiger partial charge < -0.3 is 14.6 Å². The van der Waals surface area contributed by atoms with E-state index in [2.05, 4.69) is 0 Å². The van der Waals surface area contributed by atoms with E-state index < -0.39 is 24.5 Å². The van der Waals surface area contributed by atoms with Gasteiger partial charge in [0.05, 0.1) is 11.7 Å². The Hall–Kier alpha value is -1.17. The Balaban J connectivity index is 1.84. The molecule has 1 aromatic carbocycles. The van der Waals surface area contributed by atoms with Crippen LogP contribution in [0.3, 0.4) is 0 Å². The van der Waals surface area contributed by atoms with E-state index in [1.807, 2.05) is 0 Å². The molecule has 1 heterocycles. The van der Waals surface area contributed by atoms with Gasteiger partial charge in [-0.05, 0) is 24.3 Å². The summed E-state index contributed by atoms with van der Waals surface area (Å²) in [6, 6.07) is 6.22. The lowest BCUT2D eigenvalue weighted by molar-refractivity contribution is -0.121. The highest BCUT2D eigenvalue weighted by atomic mass is 35.5. The molecule has 18 heavy (non-hydrogen) atoms. The van der Waals surface area contributed by atoms with Crippen molar-refractivity contribution in [2.75, 3.05) is 6.61 Å². The summed E-state index contributed by atoms with van der Waals surface area (Å²) in [5.41, 5.74) is 0.356. The van der Waals surface area contributed by atoms with Gasteiger partial charge in [-0.2, -0.15) is 0 Å². The lowest BCUT2D eigenvalue weighted by Gasteiger charge is -2.10. The van der Waals surface area contributed by atoms with Gasteiger partial charge in [0.2, 0.25) is 0 Å². The number of alkyl halides is 1. The Labute approximate surface area is 108 Å². The van der Waals surface area contributed by atoms with Gasteiger partial charge in [-0.15, -0.1) is 0 Å². The van der Waals surface area contributed by atoms with Crippen molar-refractivity contribution < 1.29 is 23.8 Å². The quantitative estimate of drug-likeness (QED) is 0.856. The summed E-state index contributed by atoms with van der Waals surface area (Å²) in [6.07, 6.45) is -3.44. The normalized spacial score (nSPS) is 27.2. The number of esters is 1.